The SMILES string of the molecule is Cn1c(=O)c2c(ncn2CC(=O)N/N=C/c2cccc(F)c2)n(C)c1=O. The van der Waals surface area contributed by atoms with Gasteiger partial charge in [-0.25, -0.2) is 19.6 Å². The second kappa shape index (κ2) is 6.75. The first-order valence-corrected chi connectivity index (χ1v) is 7.57. The molecule has 0 aliphatic rings. The molecule has 134 valence electrons. The molecule has 10 heteroatoms. The van der Waals surface area contributed by atoms with Gasteiger partial charge in [-0.3, -0.25) is 18.7 Å². The molecule has 1 amide bonds. The molecule has 0 radical (unpaired) electrons. The molecule has 1 aromatic carbocycles. The van der Waals surface area contributed by atoms with Crippen molar-refractivity contribution in [1.29, 1.82) is 0 Å². The van der Waals surface area contributed by atoms with Gasteiger partial charge in [-0.05, 0) is 17.7 Å². The van der Waals surface area contributed by atoms with E-state index in [1.54, 1.807) is 6.07 Å². The highest BCUT2D eigenvalue weighted by molar-refractivity contribution is 5.83. The summed E-state index contributed by atoms with van der Waals surface area (Å²) in [5.74, 6) is -0.917. The normalized spacial score (nSPS) is 11.3. The van der Waals surface area contributed by atoms with Crippen LogP contribution in [0.3, 0.4) is 0 Å². The Hall–Kier alpha value is -3.56. The number of benzene rings is 1. The predicted molar refractivity (Wildman–Crippen MR) is 92.4 cm³/mol. The van der Waals surface area contributed by atoms with Crippen molar-refractivity contribution in [3.8, 4) is 0 Å². The zero-order chi connectivity index (χ0) is 18.8. The van der Waals surface area contributed by atoms with Crippen molar-refractivity contribution in [2.45, 2.75) is 6.54 Å². The molecular formula is C16H15FN6O3. The molecule has 3 aromatic rings. The molecule has 0 spiro atoms. The summed E-state index contributed by atoms with van der Waals surface area (Å²) in [4.78, 5) is 40.2. The van der Waals surface area contributed by atoms with Gasteiger partial charge in [0.05, 0.1) is 12.5 Å². The monoisotopic (exact) mass is 358 g/mol. The molecule has 1 N–H and O–H groups in total. The van der Waals surface area contributed by atoms with Crippen LogP contribution in [0.2, 0.25) is 0 Å². The molecule has 0 bridgehead atoms. The Morgan fingerprint density at radius 2 is 2.08 bits per heavy atom. The lowest BCUT2D eigenvalue weighted by molar-refractivity contribution is -0.121. The first-order chi connectivity index (χ1) is 12.4. The summed E-state index contributed by atoms with van der Waals surface area (Å²) in [5.41, 5.74) is 2.06. The lowest BCUT2D eigenvalue weighted by Gasteiger charge is -2.05. The number of nitrogens with one attached hydrogen (secondary N) is 1. The Kier molecular flexibility index (Phi) is 4.48. The van der Waals surface area contributed by atoms with Crippen LogP contribution < -0.4 is 16.7 Å². The predicted octanol–water partition coefficient (Wildman–Crippen LogP) is -0.277. The van der Waals surface area contributed by atoms with Gasteiger partial charge in [0.2, 0.25) is 0 Å². The number of hydrogen-bond acceptors (Lipinski definition) is 5. The standard InChI is InChI=1S/C16H15FN6O3/c1-21-14-13(15(25)22(2)16(21)26)23(9-18-14)8-12(24)20-19-7-10-4-3-5-11(17)6-10/h3-7,9H,8H2,1-2H3,(H,20,24)/b19-7+. The lowest BCUT2D eigenvalue weighted by atomic mass is 10.2. The van der Waals surface area contributed by atoms with Crippen molar-refractivity contribution in [3.05, 3.63) is 62.8 Å². The smallest absolute Gasteiger partial charge is 0.315 e. The molecule has 2 aromatic heterocycles. The van der Waals surface area contributed by atoms with Crippen LogP contribution in [0.5, 0.6) is 0 Å². The summed E-state index contributed by atoms with van der Waals surface area (Å²) < 4.78 is 16.6. The van der Waals surface area contributed by atoms with Gasteiger partial charge in [0, 0.05) is 14.1 Å². The van der Waals surface area contributed by atoms with E-state index < -0.39 is 23.0 Å². The van der Waals surface area contributed by atoms with Crippen molar-refractivity contribution in [1.82, 2.24) is 24.1 Å². The molecule has 3 rings (SSSR count). The number of carbonyl (C=O) groups is 1. The van der Waals surface area contributed by atoms with Crippen LogP contribution in [0.25, 0.3) is 11.2 Å². The number of halogens is 1. The van der Waals surface area contributed by atoms with E-state index in [1.807, 2.05) is 0 Å². The largest absolute Gasteiger partial charge is 0.332 e. The fourth-order valence-corrected chi connectivity index (χ4v) is 2.47. The average Bonchev–Trinajstić information content (AvgIpc) is 3.02. The van der Waals surface area contributed by atoms with Crippen LogP contribution in [-0.4, -0.2) is 30.8 Å². The molecule has 0 aliphatic carbocycles. The Balaban J connectivity index is 1.80. The van der Waals surface area contributed by atoms with Crippen molar-refractivity contribution < 1.29 is 9.18 Å². The van der Waals surface area contributed by atoms with Gasteiger partial charge in [0.25, 0.3) is 11.5 Å². The highest BCUT2D eigenvalue weighted by Crippen LogP contribution is 2.05. The lowest BCUT2D eigenvalue weighted by Crippen LogP contribution is -2.38. The maximum Gasteiger partial charge on any atom is 0.332 e. The van der Waals surface area contributed by atoms with E-state index in [-0.39, 0.29) is 17.7 Å². The van der Waals surface area contributed by atoms with Gasteiger partial charge in [0.1, 0.15) is 12.4 Å². The molecule has 26 heavy (non-hydrogen) atoms. The molecule has 0 atom stereocenters. The van der Waals surface area contributed by atoms with Crippen LogP contribution >= 0.6 is 0 Å². The highest BCUT2D eigenvalue weighted by Gasteiger charge is 2.15. The van der Waals surface area contributed by atoms with E-state index in [0.717, 1.165) is 4.57 Å². The first-order valence-electron chi connectivity index (χ1n) is 7.57. The molecule has 0 aliphatic heterocycles. The van der Waals surface area contributed by atoms with Crippen molar-refractivity contribution in [3.63, 3.8) is 0 Å². The number of amides is 1. The summed E-state index contributed by atoms with van der Waals surface area (Å²) in [6, 6.07) is 5.72. The third-order valence-electron chi connectivity index (χ3n) is 3.78. The van der Waals surface area contributed by atoms with E-state index in [4.69, 9.17) is 0 Å². The van der Waals surface area contributed by atoms with Crippen molar-refractivity contribution in [2.75, 3.05) is 0 Å². The average molecular weight is 358 g/mol. The van der Waals surface area contributed by atoms with Crippen molar-refractivity contribution >= 4 is 23.3 Å². The van der Waals surface area contributed by atoms with Gasteiger partial charge in [-0.1, -0.05) is 12.1 Å². The number of hydrogen-bond donors (Lipinski definition) is 1. The summed E-state index contributed by atoms with van der Waals surface area (Å²) in [6.07, 6.45) is 2.61. The topological polar surface area (TPSA) is 103 Å². The van der Waals surface area contributed by atoms with Crippen LogP contribution in [0.1, 0.15) is 5.56 Å². The van der Waals surface area contributed by atoms with E-state index in [0.29, 0.717) is 5.56 Å². The number of carbonyl (C=O) groups excluding carboxylic acids is 1. The summed E-state index contributed by atoms with van der Waals surface area (Å²) in [7, 11) is 2.84. The van der Waals surface area contributed by atoms with E-state index >= 15 is 0 Å². The van der Waals surface area contributed by atoms with Crippen molar-refractivity contribution in [2.24, 2.45) is 19.2 Å². The van der Waals surface area contributed by atoms with E-state index in [1.165, 1.54) is 54.0 Å². The second-order valence-corrected chi connectivity index (χ2v) is 5.60. The van der Waals surface area contributed by atoms with Crippen LogP contribution in [-0.2, 0) is 25.4 Å². The second-order valence-electron chi connectivity index (χ2n) is 5.60. The molecule has 0 saturated carbocycles. The Morgan fingerprint density at radius 1 is 1.31 bits per heavy atom. The van der Waals surface area contributed by atoms with Crippen LogP contribution in [0.15, 0.2) is 45.3 Å². The minimum Gasteiger partial charge on any atom is -0.315 e. The van der Waals surface area contributed by atoms with E-state index in [2.05, 4.69) is 15.5 Å². The van der Waals surface area contributed by atoms with Gasteiger partial charge < -0.3 is 4.57 Å². The molecular weight excluding hydrogens is 343 g/mol. The molecule has 0 fully saturated rings. The number of aryl methyl sites for hydroxylation is 1. The molecule has 0 unspecified atom stereocenters. The van der Waals surface area contributed by atoms with Gasteiger partial charge >= 0.3 is 5.69 Å². The maximum absolute atomic E-state index is 13.1. The third-order valence-corrected chi connectivity index (χ3v) is 3.78. The summed E-state index contributed by atoms with van der Waals surface area (Å²) >= 11 is 0. The number of hydrazone groups is 1. The fraction of sp³-hybridized carbons (Fsp3) is 0.188. The van der Waals surface area contributed by atoms with Gasteiger partial charge in [-0.15, -0.1) is 0 Å². The number of nitrogens with zero attached hydrogens (tertiary/aromatic N) is 5. The number of aromatic nitrogens is 4. The van der Waals surface area contributed by atoms with Gasteiger partial charge in [0.15, 0.2) is 11.2 Å². The quantitative estimate of drug-likeness (QED) is 0.512. The Morgan fingerprint density at radius 3 is 2.81 bits per heavy atom. The van der Waals surface area contributed by atoms with Crippen LogP contribution in [0, 0.1) is 5.82 Å². The highest BCUT2D eigenvalue weighted by atomic mass is 19.1. The minimum absolute atomic E-state index is 0.138. The molecule has 2 heterocycles. The third kappa shape index (κ3) is 3.16. The first kappa shape index (κ1) is 17.3. The maximum atomic E-state index is 13.1. The number of fused-ring (bicyclic) bond motifs is 1. The Labute approximate surface area is 146 Å². The number of imidazole rings is 1. The molecule has 0 saturated heterocycles. The van der Waals surface area contributed by atoms with Gasteiger partial charge in [-0.2, -0.15) is 5.10 Å². The fourth-order valence-electron chi connectivity index (χ4n) is 2.47. The minimum atomic E-state index is -0.545. The zero-order valence-electron chi connectivity index (χ0n) is 14.0. The summed E-state index contributed by atoms with van der Waals surface area (Å²) in [6.45, 7) is -0.218. The molecule has 9 nitrogen and oxygen atoms in total. The zero-order valence-corrected chi connectivity index (χ0v) is 14.0. The van der Waals surface area contributed by atoms with E-state index in [9.17, 15) is 18.8 Å². The number of rotatable bonds is 4. The summed E-state index contributed by atoms with van der Waals surface area (Å²) in [5, 5.41) is 3.75. The van der Waals surface area contributed by atoms with Crippen LogP contribution in [0.4, 0.5) is 4.39 Å². The Bertz CT molecular complexity index is 1140.